The van der Waals surface area contributed by atoms with Gasteiger partial charge in [0.15, 0.2) is 5.76 Å². The normalized spacial score (nSPS) is 14.7. The number of furan rings is 1. The molecule has 0 atom stereocenters. The van der Waals surface area contributed by atoms with Crippen molar-refractivity contribution in [2.45, 2.75) is 0 Å². The number of carbonyl (C=O) groups is 1. The third-order valence-electron chi connectivity index (χ3n) is 4.36. The monoisotopic (exact) mass is 354 g/mol. The van der Waals surface area contributed by atoms with Gasteiger partial charge < -0.3 is 19.2 Å². The number of pyridine rings is 1. The van der Waals surface area contributed by atoms with Crippen LogP contribution in [-0.4, -0.2) is 42.0 Å². The summed E-state index contributed by atoms with van der Waals surface area (Å²) in [6.45, 7) is 2.11. The number of hydrogen-bond donors (Lipinski definition) is 1. The number of carbonyl (C=O) groups excluding carboxylic acids is 1. The van der Waals surface area contributed by atoms with Crippen LogP contribution in [0.1, 0.15) is 16.1 Å². The number of anilines is 1. The highest BCUT2D eigenvalue weighted by Crippen LogP contribution is 2.30. The zero-order chi connectivity index (χ0) is 17.4. The zero-order valence-electron chi connectivity index (χ0n) is 13.2. The van der Waals surface area contributed by atoms with Crippen LogP contribution in [-0.2, 0) is 0 Å². The number of amides is 1. The van der Waals surface area contributed by atoms with E-state index >= 15 is 0 Å². The lowest BCUT2D eigenvalue weighted by Crippen LogP contribution is -2.49. The number of nitrogens with zero attached hydrogens (tertiary/aromatic N) is 3. The second kappa shape index (κ2) is 6.11. The Labute approximate surface area is 146 Å². The van der Waals surface area contributed by atoms with Gasteiger partial charge in [0, 0.05) is 42.3 Å². The van der Waals surface area contributed by atoms with Gasteiger partial charge in [-0.05, 0) is 12.1 Å². The minimum Gasteiger partial charge on any atom is -0.459 e. The number of aromatic nitrogens is 1. The zero-order valence-corrected chi connectivity index (χ0v) is 14.0. The van der Waals surface area contributed by atoms with E-state index in [2.05, 4.69) is 4.98 Å². The first-order valence-electron chi connectivity index (χ1n) is 7.79. The first kappa shape index (κ1) is 15.5. The van der Waals surface area contributed by atoms with E-state index in [1.807, 2.05) is 21.7 Å². The lowest BCUT2D eigenvalue weighted by atomic mass is 10.1. The molecular weight excluding hydrogens is 340 g/mol. The molecule has 0 unspecified atom stereocenters. The molecule has 126 valence electrons. The number of thiophene rings is 1. The average Bonchev–Trinajstić information content (AvgIpc) is 3.31. The van der Waals surface area contributed by atoms with Gasteiger partial charge in [0.25, 0.3) is 11.5 Å². The lowest BCUT2D eigenvalue weighted by Gasteiger charge is -2.36. The lowest BCUT2D eigenvalue weighted by molar-refractivity contribution is 0.0715. The van der Waals surface area contributed by atoms with Crippen LogP contribution < -0.4 is 10.5 Å². The molecule has 0 aliphatic carbocycles. The maximum atomic E-state index is 12.4. The quantitative estimate of drug-likeness (QED) is 0.760. The summed E-state index contributed by atoms with van der Waals surface area (Å²) in [5.74, 6) is 0.180. The molecule has 7 nitrogen and oxygen atoms in total. The number of nitrogens with one attached hydrogen (secondary N) is 1. The van der Waals surface area contributed by atoms with Gasteiger partial charge in [-0.25, -0.2) is 0 Å². The van der Waals surface area contributed by atoms with Crippen molar-refractivity contribution >= 4 is 33.8 Å². The molecule has 3 aromatic rings. The van der Waals surface area contributed by atoms with E-state index < -0.39 is 0 Å². The molecule has 1 aliphatic rings. The Kier molecular flexibility index (Phi) is 3.78. The Morgan fingerprint density at radius 3 is 2.76 bits per heavy atom. The molecule has 1 saturated heterocycles. The van der Waals surface area contributed by atoms with Crippen molar-refractivity contribution in [3.05, 3.63) is 50.8 Å². The summed E-state index contributed by atoms with van der Waals surface area (Å²) in [4.78, 5) is 31.0. The van der Waals surface area contributed by atoms with E-state index in [0.29, 0.717) is 37.6 Å². The standard InChI is InChI=1S/C17H14N4O3S/c18-8-11-15(12-9-25-10-13(12)19-16(11)22)20-3-5-21(6-4-20)17(23)14-2-1-7-24-14/h1-2,7,9-10H,3-6H2,(H,19,22). The minimum absolute atomic E-state index is 0.122. The van der Waals surface area contributed by atoms with Gasteiger partial charge in [-0.1, -0.05) is 0 Å². The molecule has 3 aromatic heterocycles. The van der Waals surface area contributed by atoms with Crippen molar-refractivity contribution in [1.29, 1.82) is 5.26 Å². The van der Waals surface area contributed by atoms with E-state index in [0.717, 1.165) is 10.9 Å². The van der Waals surface area contributed by atoms with Crippen molar-refractivity contribution in [3.8, 4) is 6.07 Å². The maximum absolute atomic E-state index is 12.4. The van der Waals surface area contributed by atoms with Crippen LogP contribution in [0, 0.1) is 11.3 Å². The molecule has 1 amide bonds. The molecule has 4 rings (SSSR count). The molecule has 0 radical (unpaired) electrons. The Morgan fingerprint density at radius 2 is 2.08 bits per heavy atom. The molecule has 0 saturated carbocycles. The van der Waals surface area contributed by atoms with Gasteiger partial charge in [0.05, 0.1) is 17.5 Å². The summed E-state index contributed by atoms with van der Waals surface area (Å²) in [5.41, 5.74) is 1.14. The SMILES string of the molecule is N#Cc1c(N2CCN(C(=O)c3ccco3)CC2)c2cscc2[nH]c1=O. The number of fused-ring (bicyclic) bond motifs is 1. The molecule has 0 aromatic carbocycles. The average molecular weight is 354 g/mol. The third kappa shape index (κ3) is 2.58. The van der Waals surface area contributed by atoms with Gasteiger partial charge in [0.1, 0.15) is 11.6 Å². The van der Waals surface area contributed by atoms with E-state index in [-0.39, 0.29) is 17.0 Å². The Morgan fingerprint density at radius 1 is 1.28 bits per heavy atom. The molecule has 25 heavy (non-hydrogen) atoms. The first-order valence-corrected chi connectivity index (χ1v) is 8.73. The van der Waals surface area contributed by atoms with Crippen LogP contribution in [0.25, 0.3) is 10.9 Å². The molecule has 0 spiro atoms. The van der Waals surface area contributed by atoms with Crippen molar-refractivity contribution in [2.75, 3.05) is 31.1 Å². The fourth-order valence-electron chi connectivity index (χ4n) is 3.13. The number of hydrogen-bond acceptors (Lipinski definition) is 6. The highest BCUT2D eigenvalue weighted by Gasteiger charge is 2.27. The maximum Gasteiger partial charge on any atom is 0.289 e. The van der Waals surface area contributed by atoms with Gasteiger partial charge in [-0.15, -0.1) is 11.3 Å². The smallest absolute Gasteiger partial charge is 0.289 e. The second-order valence-corrected chi connectivity index (χ2v) is 6.49. The van der Waals surface area contributed by atoms with E-state index in [1.54, 1.807) is 17.0 Å². The largest absolute Gasteiger partial charge is 0.459 e. The van der Waals surface area contributed by atoms with Gasteiger partial charge in [0.2, 0.25) is 0 Å². The fraction of sp³-hybridized carbons (Fsp3) is 0.235. The predicted molar refractivity (Wildman–Crippen MR) is 94.0 cm³/mol. The van der Waals surface area contributed by atoms with Crippen LogP contribution in [0.2, 0.25) is 0 Å². The second-order valence-electron chi connectivity index (χ2n) is 5.75. The van der Waals surface area contributed by atoms with Crippen LogP contribution in [0.15, 0.2) is 38.4 Å². The van der Waals surface area contributed by atoms with E-state index in [4.69, 9.17) is 4.42 Å². The molecule has 8 heteroatoms. The molecule has 4 heterocycles. The highest BCUT2D eigenvalue weighted by molar-refractivity contribution is 7.09. The number of aromatic amines is 1. The summed E-state index contributed by atoms with van der Waals surface area (Å²) < 4.78 is 5.17. The van der Waals surface area contributed by atoms with Crippen LogP contribution in [0.3, 0.4) is 0 Å². The summed E-state index contributed by atoms with van der Waals surface area (Å²) in [6, 6.07) is 5.36. The molecule has 1 fully saturated rings. The Balaban J connectivity index is 1.62. The minimum atomic E-state index is -0.377. The van der Waals surface area contributed by atoms with Crippen molar-refractivity contribution in [1.82, 2.24) is 9.88 Å². The molecular formula is C17H14N4O3S. The topological polar surface area (TPSA) is 93.3 Å². The number of nitriles is 1. The van der Waals surface area contributed by atoms with Gasteiger partial charge >= 0.3 is 0 Å². The van der Waals surface area contributed by atoms with Crippen LogP contribution in [0.4, 0.5) is 5.69 Å². The summed E-state index contributed by atoms with van der Waals surface area (Å²) in [6.07, 6.45) is 1.48. The predicted octanol–water partition coefficient (Wildman–Crippen LogP) is 2.02. The first-order chi connectivity index (χ1) is 12.2. The molecule has 1 N–H and O–H groups in total. The number of piperazine rings is 1. The molecule has 1 aliphatic heterocycles. The van der Waals surface area contributed by atoms with E-state index in [1.165, 1.54) is 17.6 Å². The van der Waals surface area contributed by atoms with Gasteiger partial charge in [-0.3, -0.25) is 9.59 Å². The van der Waals surface area contributed by atoms with Gasteiger partial charge in [-0.2, -0.15) is 5.26 Å². The number of rotatable bonds is 2. The van der Waals surface area contributed by atoms with Crippen molar-refractivity contribution in [2.24, 2.45) is 0 Å². The summed E-state index contributed by atoms with van der Waals surface area (Å²) in [7, 11) is 0. The third-order valence-corrected chi connectivity index (χ3v) is 5.10. The summed E-state index contributed by atoms with van der Waals surface area (Å²) >= 11 is 1.48. The van der Waals surface area contributed by atoms with E-state index in [9.17, 15) is 14.9 Å². The summed E-state index contributed by atoms with van der Waals surface area (Å²) in [5, 5.41) is 14.1. The highest BCUT2D eigenvalue weighted by atomic mass is 32.1. The van der Waals surface area contributed by atoms with Crippen molar-refractivity contribution in [3.63, 3.8) is 0 Å². The Bertz CT molecular complexity index is 1020. The molecule has 0 bridgehead atoms. The fourth-order valence-corrected chi connectivity index (χ4v) is 3.89. The van der Waals surface area contributed by atoms with Crippen LogP contribution in [0.5, 0.6) is 0 Å². The van der Waals surface area contributed by atoms with Crippen LogP contribution >= 0.6 is 11.3 Å². The van der Waals surface area contributed by atoms with Crippen molar-refractivity contribution < 1.29 is 9.21 Å². The Hall–Kier alpha value is -3.05. The number of H-pyrrole nitrogens is 1.